The molecule has 0 aromatic heterocycles. The highest BCUT2D eigenvalue weighted by atomic mass is 32.2. The van der Waals surface area contributed by atoms with Gasteiger partial charge >= 0.3 is 6.18 Å². The predicted molar refractivity (Wildman–Crippen MR) is 103 cm³/mol. The maximum Gasteiger partial charge on any atom is 0.416 e. The Morgan fingerprint density at radius 1 is 1.36 bits per heavy atom. The summed E-state index contributed by atoms with van der Waals surface area (Å²) in [7, 11) is 0. The fourth-order valence-corrected chi connectivity index (χ4v) is 3.82. The number of piperidine rings is 1. The molecule has 2 heterocycles. The number of hydrogen-bond donors (Lipinski definition) is 1. The molecular weight excluding hydrogens is 391 g/mol. The number of carbonyl (C=O) groups excluding carboxylic acids is 1. The summed E-state index contributed by atoms with van der Waals surface area (Å²) < 4.78 is 47.5. The maximum atomic E-state index is 13.3. The minimum atomic E-state index is -4.53. The second kappa shape index (κ2) is 8.16. The highest BCUT2D eigenvalue weighted by molar-refractivity contribution is 7.96. The van der Waals surface area contributed by atoms with Gasteiger partial charge in [0.25, 0.3) is 5.91 Å². The van der Waals surface area contributed by atoms with Gasteiger partial charge in [-0.05, 0) is 43.7 Å². The van der Waals surface area contributed by atoms with Gasteiger partial charge in [-0.25, -0.2) is 0 Å². The third-order valence-corrected chi connectivity index (χ3v) is 5.77. The quantitative estimate of drug-likeness (QED) is 0.440. The van der Waals surface area contributed by atoms with Crippen LogP contribution in [-0.2, 0) is 11.0 Å². The molecule has 0 atom stereocenters. The third-order valence-electron chi connectivity index (χ3n) is 4.89. The minimum Gasteiger partial charge on any atom is -0.493 e. The first-order chi connectivity index (χ1) is 13.3. The molecule has 1 saturated heterocycles. The van der Waals surface area contributed by atoms with E-state index in [9.17, 15) is 18.0 Å². The van der Waals surface area contributed by atoms with Crippen molar-refractivity contribution in [2.75, 3.05) is 26.0 Å². The average molecular weight is 413 g/mol. The highest BCUT2D eigenvalue weighted by Gasteiger charge is 2.46. The van der Waals surface area contributed by atoms with Gasteiger partial charge in [-0.1, -0.05) is 18.0 Å². The van der Waals surface area contributed by atoms with Gasteiger partial charge in [-0.3, -0.25) is 14.1 Å². The van der Waals surface area contributed by atoms with Crippen LogP contribution in [0.1, 0.15) is 30.4 Å². The molecule has 152 valence electrons. The fourth-order valence-electron chi connectivity index (χ4n) is 3.27. The Morgan fingerprint density at radius 2 is 2.07 bits per heavy atom. The maximum absolute atomic E-state index is 13.3. The lowest BCUT2D eigenvalue weighted by molar-refractivity contribution is -0.137. The van der Waals surface area contributed by atoms with Crippen LogP contribution in [-0.4, -0.2) is 47.5 Å². The standard InChI is InChI=1S/C19H22F3N3O2S/c1-3-4-9-27-15-11-13(10-14(12-15)19(20,21)22)16-23-17(26)18(24-16)5-7-25(28-2)8-6-18/h3,10-12H,1,4-9H2,2H3,(H,23,24,26). The molecule has 1 amide bonds. The van der Waals surface area contributed by atoms with Crippen LogP contribution in [0.15, 0.2) is 35.8 Å². The normalized spacial score (nSPS) is 19.4. The lowest BCUT2D eigenvalue weighted by atomic mass is 9.89. The van der Waals surface area contributed by atoms with E-state index < -0.39 is 17.3 Å². The average Bonchev–Trinajstić information content (AvgIpc) is 2.98. The zero-order valence-corrected chi connectivity index (χ0v) is 16.3. The Kier molecular flexibility index (Phi) is 6.04. The molecule has 1 fully saturated rings. The van der Waals surface area contributed by atoms with E-state index in [2.05, 4.69) is 21.2 Å². The molecule has 0 radical (unpaired) electrons. The number of amides is 1. The number of ether oxygens (including phenoxy) is 1. The van der Waals surface area contributed by atoms with Crippen LogP contribution in [0.4, 0.5) is 13.2 Å². The number of hydrogen-bond acceptors (Lipinski definition) is 5. The van der Waals surface area contributed by atoms with Crippen LogP contribution < -0.4 is 10.1 Å². The molecule has 1 spiro atoms. The summed E-state index contributed by atoms with van der Waals surface area (Å²) in [5.41, 5.74) is -1.55. The van der Waals surface area contributed by atoms with Crippen molar-refractivity contribution < 1.29 is 22.7 Å². The molecule has 28 heavy (non-hydrogen) atoms. The van der Waals surface area contributed by atoms with Crippen LogP contribution in [0.25, 0.3) is 0 Å². The van der Waals surface area contributed by atoms with Gasteiger partial charge in [-0.15, -0.1) is 6.58 Å². The SMILES string of the molecule is C=CCCOc1cc(C2=NC3(CCN(SC)CC3)C(=O)N2)cc(C(F)(F)F)c1. The molecule has 2 aliphatic rings. The van der Waals surface area contributed by atoms with E-state index in [1.54, 1.807) is 18.0 Å². The number of nitrogens with one attached hydrogen (secondary N) is 1. The van der Waals surface area contributed by atoms with Crippen molar-refractivity contribution in [3.05, 3.63) is 42.0 Å². The number of nitrogens with zero attached hydrogens (tertiary/aromatic N) is 2. The zero-order valence-electron chi connectivity index (χ0n) is 15.5. The lowest BCUT2D eigenvalue weighted by Crippen LogP contribution is -2.47. The van der Waals surface area contributed by atoms with Crippen molar-refractivity contribution >= 4 is 23.7 Å². The number of carbonyl (C=O) groups is 1. The molecular formula is C19H22F3N3O2S. The molecule has 0 saturated carbocycles. The Labute approximate surface area is 166 Å². The smallest absolute Gasteiger partial charge is 0.416 e. The summed E-state index contributed by atoms with van der Waals surface area (Å²) in [6, 6.07) is 3.43. The van der Waals surface area contributed by atoms with Gasteiger partial charge in [0.15, 0.2) is 0 Å². The molecule has 9 heteroatoms. The Morgan fingerprint density at radius 3 is 2.68 bits per heavy atom. The number of benzene rings is 1. The van der Waals surface area contributed by atoms with Crippen LogP contribution >= 0.6 is 11.9 Å². The van der Waals surface area contributed by atoms with Crippen LogP contribution in [0, 0.1) is 0 Å². The Balaban J connectivity index is 1.91. The van der Waals surface area contributed by atoms with E-state index in [1.807, 2.05) is 6.26 Å². The van der Waals surface area contributed by atoms with Crippen LogP contribution in [0.5, 0.6) is 5.75 Å². The summed E-state index contributed by atoms with van der Waals surface area (Å²) >= 11 is 1.61. The summed E-state index contributed by atoms with van der Waals surface area (Å²) in [5, 5.41) is 2.68. The number of rotatable bonds is 6. The summed E-state index contributed by atoms with van der Waals surface area (Å²) in [6.45, 7) is 5.18. The molecule has 0 aliphatic carbocycles. The number of halogens is 3. The van der Waals surface area contributed by atoms with Crippen molar-refractivity contribution in [3.8, 4) is 5.75 Å². The number of aliphatic imine (C=N–C) groups is 1. The molecule has 0 unspecified atom stereocenters. The van der Waals surface area contributed by atoms with E-state index in [0.29, 0.717) is 32.4 Å². The second-order valence-electron chi connectivity index (χ2n) is 6.73. The van der Waals surface area contributed by atoms with Crippen molar-refractivity contribution in [1.29, 1.82) is 0 Å². The Hall–Kier alpha value is -2.00. The van der Waals surface area contributed by atoms with Crippen LogP contribution in [0.2, 0.25) is 0 Å². The summed E-state index contributed by atoms with van der Waals surface area (Å²) in [4.78, 5) is 17.1. The third kappa shape index (κ3) is 4.35. The largest absolute Gasteiger partial charge is 0.493 e. The van der Waals surface area contributed by atoms with E-state index in [0.717, 1.165) is 12.1 Å². The molecule has 0 bridgehead atoms. The fraction of sp³-hybridized carbons (Fsp3) is 0.474. The first kappa shape index (κ1) is 20.7. The first-order valence-electron chi connectivity index (χ1n) is 8.94. The topological polar surface area (TPSA) is 53.9 Å². The predicted octanol–water partition coefficient (Wildman–Crippen LogP) is 3.65. The zero-order chi connectivity index (χ0) is 20.4. The minimum absolute atomic E-state index is 0.0850. The van der Waals surface area contributed by atoms with E-state index in [-0.39, 0.29) is 29.7 Å². The first-order valence-corrected chi connectivity index (χ1v) is 10.1. The monoisotopic (exact) mass is 413 g/mol. The summed E-state index contributed by atoms with van der Waals surface area (Å²) in [5.74, 6) is -0.00107. The molecule has 1 aromatic rings. The Bertz CT molecular complexity index is 787. The van der Waals surface area contributed by atoms with Gasteiger partial charge < -0.3 is 10.1 Å². The van der Waals surface area contributed by atoms with Gasteiger partial charge in [-0.2, -0.15) is 13.2 Å². The lowest BCUT2D eigenvalue weighted by Gasteiger charge is -2.33. The van der Waals surface area contributed by atoms with Gasteiger partial charge in [0.1, 0.15) is 17.1 Å². The molecule has 1 aromatic carbocycles. The van der Waals surface area contributed by atoms with E-state index in [4.69, 9.17) is 4.74 Å². The molecule has 2 aliphatic heterocycles. The van der Waals surface area contributed by atoms with Gasteiger partial charge in [0.05, 0.1) is 12.2 Å². The second-order valence-corrected chi connectivity index (χ2v) is 7.61. The molecule has 3 rings (SSSR count). The van der Waals surface area contributed by atoms with Crippen molar-refractivity contribution in [2.24, 2.45) is 4.99 Å². The van der Waals surface area contributed by atoms with Crippen molar-refractivity contribution in [2.45, 2.75) is 31.0 Å². The summed E-state index contributed by atoms with van der Waals surface area (Å²) in [6.07, 6.45) is 0.642. The van der Waals surface area contributed by atoms with Crippen molar-refractivity contribution in [1.82, 2.24) is 9.62 Å². The van der Waals surface area contributed by atoms with Crippen molar-refractivity contribution in [3.63, 3.8) is 0 Å². The highest BCUT2D eigenvalue weighted by Crippen LogP contribution is 2.36. The van der Waals surface area contributed by atoms with E-state index in [1.165, 1.54) is 6.07 Å². The molecule has 1 N–H and O–H groups in total. The van der Waals surface area contributed by atoms with E-state index >= 15 is 0 Å². The van der Waals surface area contributed by atoms with Crippen LogP contribution in [0.3, 0.4) is 0 Å². The number of alkyl halides is 3. The number of amidine groups is 1. The van der Waals surface area contributed by atoms with Gasteiger partial charge in [0, 0.05) is 18.7 Å². The van der Waals surface area contributed by atoms with Gasteiger partial charge in [0.2, 0.25) is 0 Å². The molecule has 5 nitrogen and oxygen atoms in total.